The summed E-state index contributed by atoms with van der Waals surface area (Å²) in [5.41, 5.74) is 6.03. The van der Waals surface area contributed by atoms with Crippen LogP contribution in [0.1, 0.15) is 47.0 Å². The topological polar surface area (TPSA) is 93.2 Å². The van der Waals surface area contributed by atoms with Crippen molar-refractivity contribution in [2.24, 2.45) is 0 Å². The second-order valence-electron chi connectivity index (χ2n) is 12.2. The van der Waals surface area contributed by atoms with Crippen molar-refractivity contribution in [1.82, 2.24) is 4.90 Å². The van der Waals surface area contributed by atoms with Crippen LogP contribution in [0.25, 0.3) is 22.3 Å². The number of benzene rings is 6. The van der Waals surface area contributed by atoms with E-state index in [4.69, 9.17) is 9.47 Å². The Balaban J connectivity index is 0.972. The molecule has 8 nitrogen and oxygen atoms in total. The van der Waals surface area contributed by atoms with Crippen LogP contribution in [-0.4, -0.2) is 35.6 Å². The molecule has 0 aliphatic carbocycles. The lowest BCUT2D eigenvalue weighted by molar-refractivity contribution is 0.0692. The molecule has 0 spiro atoms. The summed E-state index contributed by atoms with van der Waals surface area (Å²) in [7, 11) is 1.44. The summed E-state index contributed by atoms with van der Waals surface area (Å²) >= 11 is 0. The van der Waals surface area contributed by atoms with E-state index in [0.717, 1.165) is 38.0 Å². The largest absolute Gasteiger partial charge is 0.457 e. The minimum Gasteiger partial charge on any atom is -0.457 e. The lowest BCUT2D eigenvalue weighted by Gasteiger charge is -2.15. The van der Waals surface area contributed by atoms with Crippen LogP contribution >= 0.6 is 0 Å². The first-order chi connectivity index (χ1) is 24.2. The van der Waals surface area contributed by atoms with Gasteiger partial charge >= 0.3 is 0 Å². The molecule has 2 aliphatic rings. The molecule has 6 aromatic rings. The van der Waals surface area contributed by atoms with Crippen molar-refractivity contribution in [3.05, 3.63) is 161 Å². The predicted molar refractivity (Wildman–Crippen MR) is 189 cm³/mol. The highest BCUT2D eigenvalue weighted by Gasteiger charge is 2.37. The van der Waals surface area contributed by atoms with Gasteiger partial charge in [-0.05, 0) is 108 Å². The molecule has 6 aromatic carbocycles. The summed E-state index contributed by atoms with van der Waals surface area (Å²) in [4.78, 5) is 54.2. The van der Waals surface area contributed by atoms with Gasteiger partial charge in [0.2, 0.25) is 0 Å². The molecule has 4 amide bonds. The summed E-state index contributed by atoms with van der Waals surface area (Å²) in [5.74, 6) is 0.974. The van der Waals surface area contributed by atoms with Crippen molar-refractivity contribution in [3.63, 3.8) is 0 Å². The van der Waals surface area contributed by atoms with E-state index in [1.807, 2.05) is 79.7 Å². The number of aryl methyl sites for hydroxylation is 1. The highest BCUT2D eigenvalue weighted by atomic mass is 16.5. The minimum atomic E-state index is -0.462. The molecule has 0 radical (unpaired) electrons. The number of ether oxygens (including phenoxy) is 2. The summed E-state index contributed by atoms with van der Waals surface area (Å²) < 4.78 is 12.1. The van der Waals surface area contributed by atoms with Crippen LogP contribution in [0.2, 0.25) is 0 Å². The number of imide groups is 2. The summed E-state index contributed by atoms with van der Waals surface area (Å²) in [6.07, 6.45) is 0. The van der Waals surface area contributed by atoms with Gasteiger partial charge in [-0.15, -0.1) is 0 Å². The van der Waals surface area contributed by atoms with Gasteiger partial charge in [0, 0.05) is 13.1 Å². The monoisotopic (exact) mass is 656 g/mol. The minimum absolute atomic E-state index is 0.254. The van der Waals surface area contributed by atoms with Crippen LogP contribution in [0.3, 0.4) is 0 Å². The first kappa shape index (κ1) is 30.5. The Hall–Kier alpha value is -6.80. The van der Waals surface area contributed by atoms with Gasteiger partial charge in [-0.3, -0.25) is 24.1 Å². The quantitative estimate of drug-likeness (QED) is 0.159. The average Bonchev–Trinajstić information content (AvgIpc) is 3.51. The SMILES string of the molecule is Cc1cccc(Oc2ccc(-c3ccc(Oc4cccc(N5C(=O)c6ccc(-c7ccc8c(c7)C(=O)N(C)C8=O)cc6C5=O)c4)cc3)cc2)c1. The average molecular weight is 657 g/mol. The Morgan fingerprint density at radius 3 is 1.46 bits per heavy atom. The highest BCUT2D eigenvalue weighted by Crippen LogP contribution is 2.36. The molecular formula is C42H28N2O6. The van der Waals surface area contributed by atoms with Gasteiger partial charge in [0.25, 0.3) is 23.6 Å². The van der Waals surface area contributed by atoms with E-state index in [1.54, 1.807) is 60.7 Å². The Morgan fingerprint density at radius 1 is 0.420 bits per heavy atom. The van der Waals surface area contributed by atoms with Gasteiger partial charge in [-0.1, -0.05) is 54.6 Å². The van der Waals surface area contributed by atoms with Crippen LogP contribution in [0.5, 0.6) is 23.0 Å². The third-order valence-electron chi connectivity index (χ3n) is 8.89. The second kappa shape index (κ2) is 12.0. The van der Waals surface area contributed by atoms with Crippen LogP contribution in [0, 0.1) is 6.92 Å². The summed E-state index contributed by atoms with van der Waals surface area (Å²) in [6, 6.07) is 40.3. The molecule has 2 aliphatic heterocycles. The Kier molecular flexibility index (Phi) is 7.34. The Bertz CT molecular complexity index is 2380. The van der Waals surface area contributed by atoms with Crippen molar-refractivity contribution in [2.45, 2.75) is 6.92 Å². The van der Waals surface area contributed by atoms with Crippen LogP contribution in [0.4, 0.5) is 5.69 Å². The fourth-order valence-corrected chi connectivity index (χ4v) is 6.26. The van der Waals surface area contributed by atoms with E-state index in [0.29, 0.717) is 39.4 Å². The summed E-state index contributed by atoms with van der Waals surface area (Å²) in [6.45, 7) is 2.03. The van der Waals surface area contributed by atoms with Crippen LogP contribution in [0.15, 0.2) is 133 Å². The van der Waals surface area contributed by atoms with Gasteiger partial charge in [0.15, 0.2) is 0 Å². The normalized spacial score (nSPS) is 13.5. The van der Waals surface area contributed by atoms with E-state index >= 15 is 0 Å². The second-order valence-corrected chi connectivity index (χ2v) is 12.2. The molecule has 50 heavy (non-hydrogen) atoms. The Labute approximate surface area is 287 Å². The molecule has 0 atom stereocenters. The van der Waals surface area contributed by atoms with E-state index in [1.165, 1.54) is 7.05 Å². The van der Waals surface area contributed by atoms with Crippen molar-refractivity contribution >= 4 is 29.3 Å². The number of rotatable bonds is 7. The number of fused-ring (bicyclic) bond motifs is 2. The molecule has 0 fully saturated rings. The molecular weight excluding hydrogens is 628 g/mol. The van der Waals surface area contributed by atoms with Gasteiger partial charge in [-0.25, -0.2) is 4.90 Å². The number of hydrogen-bond donors (Lipinski definition) is 0. The van der Waals surface area contributed by atoms with Gasteiger partial charge < -0.3 is 9.47 Å². The van der Waals surface area contributed by atoms with E-state index in [9.17, 15) is 19.2 Å². The zero-order valence-corrected chi connectivity index (χ0v) is 27.0. The van der Waals surface area contributed by atoms with Gasteiger partial charge in [0.05, 0.1) is 27.9 Å². The third kappa shape index (κ3) is 5.38. The zero-order valence-electron chi connectivity index (χ0n) is 27.0. The predicted octanol–water partition coefficient (Wildman–Crippen LogP) is 8.94. The van der Waals surface area contributed by atoms with Gasteiger partial charge in [0.1, 0.15) is 23.0 Å². The molecule has 0 unspecified atom stereocenters. The molecule has 0 bridgehead atoms. The molecule has 8 heteroatoms. The van der Waals surface area contributed by atoms with Crippen molar-refractivity contribution in [1.29, 1.82) is 0 Å². The fraction of sp³-hybridized carbons (Fsp3) is 0.0476. The van der Waals surface area contributed by atoms with E-state index in [-0.39, 0.29) is 22.9 Å². The van der Waals surface area contributed by atoms with Crippen molar-refractivity contribution in [3.8, 4) is 45.3 Å². The number of carbonyl (C=O) groups is 4. The van der Waals surface area contributed by atoms with Crippen molar-refractivity contribution in [2.75, 3.05) is 11.9 Å². The smallest absolute Gasteiger partial charge is 0.266 e. The van der Waals surface area contributed by atoms with E-state index in [2.05, 4.69) is 0 Å². The van der Waals surface area contributed by atoms with Crippen molar-refractivity contribution < 1.29 is 28.7 Å². The molecule has 0 saturated heterocycles. The molecule has 2 heterocycles. The van der Waals surface area contributed by atoms with Crippen LogP contribution in [-0.2, 0) is 0 Å². The molecule has 0 N–H and O–H groups in total. The maximum Gasteiger partial charge on any atom is 0.266 e. The van der Waals surface area contributed by atoms with Crippen LogP contribution < -0.4 is 14.4 Å². The molecule has 0 aromatic heterocycles. The first-order valence-electron chi connectivity index (χ1n) is 16.0. The lowest BCUT2D eigenvalue weighted by Crippen LogP contribution is -2.29. The third-order valence-corrected chi connectivity index (χ3v) is 8.89. The molecule has 8 rings (SSSR count). The maximum atomic E-state index is 13.6. The summed E-state index contributed by atoms with van der Waals surface area (Å²) in [5, 5.41) is 0. The fourth-order valence-electron chi connectivity index (χ4n) is 6.26. The zero-order chi connectivity index (χ0) is 34.5. The lowest BCUT2D eigenvalue weighted by atomic mass is 9.97. The Morgan fingerprint density at radius 2 is 0.880 bits per heavy atom. The molecule has 0 saturated carbocycles. The number of carbonyl (C=O) groups excluding carboxylic acids is 4. The maximum absolute atomic E-state index is 13.6. The number of amides is 4. The number of nitrogens with zero attached hydrogens (tertiary/aromatic N) is 2. The van der Waals surface area contributed by atoms with E-state index < -0.39 is 11.8 Å². The number of hydrogen-bond acceptors (Lipinski definition) is 6. The highest BCUT2D eigenvalue weighted by molar-refractivity contribution is 6.34. The number of anilines is 1. The first-order valence-corrected chi connectivity index (χ1v) is 16.0. The van der Waals surface area contributed by atoms with Gasteiger partial charge in [-0.2, -0.15) is 0 Å². The standard InChI is InChI=1S/C42H28N2O6/c1-25-5-3-7-33(21-25)49-31-15-9-26(10-16-31)27-11-17-32(18-12-27)50-34-8-4-6-30(24-34)44-41(47)36-20-14-29(23-38(36)42(44)48)28-13-19-35-37(22-28)40(46)43(2)39(35)45/h3-24H,1-2H3. The molecule has 242 valence electrons.